The Hall–Kier alpha value is -2.33. The van der Waals surface area contributed by atoms with Gasteiger partial charge in [0.25, 0.3) is 0 Å². The molecular weight excluding hydrogens is 350 g/mol. The zero-order valence-corrected chi connectivity index (χ0v) is 15.5. The number of halogens is 1. The molecule has 0 heterocycles. The van der Waals surface area contributed by atoms with E-state index in [1.165, 1.54) is 12.7 Å². The number of benzene rings is 2. The quantitative estimate of drug-likeness (QED) is 0.802. The molecule has 3 rings (SSSR count). The Morgan fingerprint density at radius 2 is 1.92 bits per heavy atom. The van der Waals surface area contributed by atoms with Crippen LogP contribution in [0, 0.1) is 0 Å². The molecule has 1 aliphatic carbocycles. The number of carbonyl (C=O) groups is 2. The first-order valence-electron chi connectivity index (χ1n) is 8.79. The van der Waals surface area contributed by atoms with Gasteiger partial charge in [-0.1, -0.05) is 54.1 Å². The molecule has 0 aromatic heterocycles. The molecule has 0 fully saturated rings. The van der Waals surface area contributed by atoms with Crippen LogP contribution in [0.25, 0.3) is 0 Å². The fraction of sp³-hybridized carbons (Fsp3) is 0.333. The Morgan fingerprint density at radius 1 is 1.19 bits per heavy atom. The van der Waals surface area contributed by atoms with E-state index >= 15 is 0 Å². The summed E-state index contributed by atoms with van der Waals surface area (Å²) in [5.41, 5.74) is 3.02. The molecule has 0 spiro atoms. The molecule has 2 aromatic carbocycles. The molecule has 1 amide bonds. The molecule has 136 valence electrons. The highest BCUT2D eigenvalue weighted by Gasteiger charge is 2.29. The van der Waals surface area contributed by atoms with Crippen LogP contribution in [0.5, 0.6) is 0 Å². The normalized spacial score (nSPS) is 17.1. The number of nitrogens with one attached hydrogen (secondary N) is 1. The lowest BCUT2D eigenvalue weighted by atomic mass is 9.82. The van der Waals surface area contributed by atoms with E-state index in [1.54, 1.807) is 6.07 Å². The fourth-order valence-corrected chi connectivity index (χ4v) is 3.81. The predicted octanol–water partition coefficient (Wildman–Crippen LogP) is 4.18. The zero-order valence-electron chi connectivity index (χ0n) is 14.7. The third kappa shape index (κ3) is 4.07. The topological polar surface area (TPSA) is 55.4 Å². The molecular formula is C21H22ClNO3. The Bertz CT molecular complexity index is 805. The third-order valence-electron chi connectivity index (χ3n) is 4.88. The maximum absolute atomic E-state index is 13.0. The number of carbonyl (C=O) groups excluding carboxylic acids is 2. The van der Waals surface area contributed by atoms with Gasteiger partial charge in [0.1, 0.15) is 0 Å². The Balaban J connectivity index is 1.84. The highest BCUT2D eigenvalue weighted by atomic mass is 35.5. The van der Waals surface area contributed by atoms with Crippen LogP contribution >= 0.6 is 11.6 Å². The lowest BCUT2D eigenvalue weighted by Gasteiger charge is -2.27. The van der Waals surface area contributed by atoms with Gasteiger partial charge in [-0.15, -0.1) is 0 Å². The number of aryl methyl sites for hydroxylation is 1. The molecule has 0 aliphatic heterocycles. The van der Waals surface area contributed by atoms with Gasteiger partial charge in [0.05, 0.1) is 25.5 Å². The first-order valence-corrected chi connectivity index (χ1v) is 9.17. The molecule has 0 bridgehead atoms. The van der Waals surface area contributed by atoms with Crippen molar-refractivity contribution in [3.05, 3.63) is 70.2 Å². The molecule has 0 saturated heterocycles. The first kappa shape index (κ1) is 18.5. The molecule has 26 heavy (non-hydrogen) atoms. The summed E-state index contributed by atoms with van der Waals surface area (Å²) in [6.45, 7) is 0. The van der Waals surface area contributed by atoms with Gasteiger partial charge in [-0.3, -0.25) is 9.59 Å². The van der Waals surface area contributed by atoms with Crippen LogP contribution in [-0.2, 0) is 20.7 Å². The van der Waals surface area contributed by atoms with E-state index < -0.39 is 6.04 Å². The number of ether oxygens (including phenoxy) is 1. The van der Waals surface area contributed by atoms with Gasteiger partial charge < -0.3 is 10.1 Å². The predicted molar refractivity (Wildman–Crippen MR) is 101 cm³/mol. The highest BCUT2D eigenvalue weighted by molar-refractivity contribution is 6.31. The van der Waals surface area contributed by atoms with Gasteiger partial charge in [0.2, 0.25) is 5.91 Å². The highest BCUT2D eigenvalue weighted by Crippen LogP contribution is 2.33. The van der Waals surface area contributed by atoms with Crippen molar-refractivity contribution >= 4 is 23.5 Å². The van der Waals surface area contributed by atoms with Crippen LogP contribution in [0.15, 0.2) is 48.5 Å². The summed E-state index contributed by atoms with van der Waals surface area (Å²) >= 11 is 6.29. The Morgan fingerprint density at radius 3 is 2.69 bits per heavy atom. The van der Waals surface area contributed by atoms with E-state index in [1.807, 2.05) is 36.4 Å². The van der Waals surface area contributed by atoms with Gasteiger partial charge >= 0.3 is 5.97 Å². The number of esters is 1. The standard InChI is InChI=1S/C21H22ClNO3/c1-26-20(24)13-19(17-10-4-5-12-18(17)22)23-21(25)16-11-6-8-14-7-2-3-9-15(14)16/h2-5,7,9-10,12,16,19H,6,8,11,13H2,1H3,(H,23,25). The number of methoxy groups -OCH3 is 1. The van der Waals surface area contributed by atoms with Gasteiger partial charge in [-0.25, -0.2) is 0 Å². The largest absolute Gasteiger partial charge is 0.469 e. The Labute approximate surface area is 158 Å². The Kier molecular flexibility index (Phi) is 5.94. The SMILES string of the molecule is COC(=O)CC(NC(=O)C1CCCc2ccccc21)c1ccccc1Cl. The second-order valence-electron chi connectivity index (χ2n) is 6.51. The van der Waals surface area contributed by atoms with Crippen LogP contribution in [0.4, 0.5) is 0 Å². The smallest absolute Gasteiger partial charge is 0.307 e. The van der Waals surface area contributed by atoms with Crippen LogP contribution < -0.4 is 5.32 Å². The van der Waals surface area contributed by atoms with Crippen molar-refractivity contribution in [1.29, 1.82) is 0 Å². The average Bonchev–Trinajstić information content (AvgIpc) is 2.67. The van der Waals surface area contributed by atoms with E-state index in [9.17, 15) is 9.59 Å². The number of hydrogen-bond donors (Lipinski definition) is 1. The van der Waals surface area contributed by atoms with Gasteiger partial charge in [0.15, 0.2) is 0 Å². The van der Waals surface area contributed by atoms with Crippen molar-refractivity contribution in [3.8, 4) is 0 Å². The second kappa shape index (κ2) is 8.37. The lowest BCUT2D eigenvalue weighted by Crippen LogP contribution is -2.35. The molecule has 2 aromatic rings. The van der Waals surface area contributed by atoms with Gasteiger partial charge in [0, 0.05) is 5.02 Å². The van der Waals surface area contributed by atoms with Crippen molar-refractivity contribution in [3.63, 3.8) is 0 Å². The summed E-state index contributed by atoms with van der Waals surface area (Å²) in [6, 6.07) is 14.8. The fourth-order valence-electron chi connectivity index (χ4n) is 3.55. The molecule has 2 unspecified atom stereocenters. The van der Waals surface area contributed by atoms with Crippen LogP contribution in [0.1, 0.15) is 47.9 Å². The maximum Gasteiger partial charge on any atom is 0.307 e. The van der Waals surface area contributed by atoms with Crippen molar-refractivity contribution in [1.82, 2.24) is 5.32 Å². The van der Waals surface area contributed by atoms with Crippen LogP contribution in [0.3, 0.4) is 0 Å². The van der Waals surface area contributed by atoms with Crippen molar-refractivity contribution in [2.24, 2.45) is 0 Å². The van der Waals surface area contributed by atoms with E-state index in [4.69, 9.17) is 16.3 Å². The summed E-state index contributed by atoms with van der Waals surface area (Å²) in [6.07, 6.45) is 2.82. The minimum atomic E-state index is -0.516. The van der Waals surface area contributed by atoms with E-state index in [2.05, 4.69) is 11.4 Å². The second-order valence-corrected chi connectivity index (χ2v) is 6.91. The molecule has 1 N–H and O–H groups in total. The zero-order chi connectivity index (χ0) is 18.5. The lowest BCUT2D eigenvalue weighted by molar-refractivity contribution is -0.141. The van der Waals surface area contributed by atoms with Crippen molar-refractivity contribution < 1.29 is 14.3 Å². The summed E-state index contributed by atoms with van der Waals surface area (Å²) in [7, 11) is 1.34. The molecule has 0 radical (unpaired) electrons. The third-order valence-corrected chi connectivity index (χ3v) is 5.23. The summed E-state index contributed by atoms with van der Waals surface area (Å²) < 4.78 is 4.79. The number of hydrogen-bond acceptors (Lipinski definition) is 3. The minimum Gasteiger partial charge on any atom is -0.469 e. The first-order chi connectivity index (χ1) is 12.6. The van der Waals surface area contributed by atoms with E-state index in [-0.39, 0.29) is 24.2 Å². The number of amides is 1. The summed E-state index contributed by atoms with van der Waals surface area (Å²) in [5, 5.41) is 3.54. The van der Waals surface area contributed by atoms with E-state index in [0.717, 1.165) is 30.4 Å². The van der Waals surface area contributed by atoms with E-state index in [0.29, 0.717) is 5.02 Å². The molecule has 2 atom stereocenters. The molecule has 1 aliphatic rings. The summed E-state index contributed by atoms with van der Waals surface area (Å²) in [4.78, 5) is 24.9. The van der Waals surface area contributed by atoms with Crippen LogP contribution in [-0.4, -0.2) is 19.0 Å². The summed E-state index contributed by atoms with van der Waals surface area (Å²) in [5.74, 6) is -0.673. The maximum atomic E-state index is 13.0. The monoisotopic (exact) mass is 371 g/mol. The molecule has 0 saturated carbocycles. The minimum absolute atomic E-state index is 0.0420. The van der Waals surface area contributed by atoms with Crippen LogP contribution in [0.2, 0.25) is 5.02 Å². The van der Waals surface area contributed by atoms with Gasteiger partial charge in [-0.05, 0) is 42.0 Å². The number of fused-ring (bicyclic) bond motifs is 1. The molecule has 5 heteroatoms. The molecule has 4 nitrogen and oxygen atoms in total. The van der Waals surface area contributed by atoms with Crippen molar-refractivity contribution in [2.45, 2.75) is 37.6 Å². The average molecular weight is 372 g/mol. The van der Waals surface area contributed by atoms with Gasteiger partial charge in [-0.2, -0.15) is 0 Å². The van der Waals surface area contributed by atoms with Crippen molar-refractivity contribution in [2.75, 3.05) is 7.11 Å². The number of rotatable bonds is 5.